The van der Waals surface area contributed by atoms with Gasteiger partial charge in [-0.3, -0.25) is 9.59 Å². The number of carbonyl (C=O) groups excluding carboxylic acids is 2. The molecule has 2 aliphatic rings. The second kappa shape index (κ2) is 8.35. The normalized spacial score (nSPS) is 16.4. The SMILES string of the molecule is CCc1c(C#N)c(SCC(=O)c2ccc3c(c2)OCCO3)nc2c1C(=O)CC(C)(C)C2. The molecule has 6 nitrogen and oxygen atoms in total. The van der Waals surface area contributed by atoms with E-state index in [-0.39, 0.29) is 22.7 Å². The highest BCUT2D eigenvalue weighted by Crippen LogP contribution is 2.39. The number of rotatable bonds is 5. The molecule has 1 aromatic carbocycles. The molecule has 2 heterocycles. The number of hydrogen-bond acceptors (Lipinski definition) is 7. The summed E-state index contributed by atoms with van der Waals surface area (Å²) in [7, 11) is 0. The lowest BCUT2D eigenvalue weighted by molar-refractivity contribution is 0.0907. The Bertz CT molecular complexity index is 1120. The van der Waals surface area contributed by atoms with Gasteiger partial charge in [0.25, 0.3) is 0 Å². The van der Waals surface area contributed by atoms with Gasteiger partial charge in [0.2, 0.25) is 0 Å². The van der Waals surface area contributed by atoms with Gasteiger partial charge in [0.1, 0.15) is 24.3 Å². The van der Waals surface area contributed by atoms with Gasteiger partial charge < -0.3 is 9.47 Å². The zero-order valence-corrected chi connectivity index (χ0v) is 18.7. The molecule has 0 fully saturated rings. The first-order valence-corrected chi connectivity index (χ1v) is 11.4. The van der Waals surface area contributed by atoms with Crippen molar-refractivity contribution in [1.82, 2.24) is 4.98 Å². The van der Waals surface area contributed by atoms with Crippen LogP contribution in [-0.2, 0) is 12.8 Å². The molecule has 160 valence electrons. The summed E-state index contributed by atoms with van der Waals surface area (Å²) in [6.07, 6.45) is 1.70. The van der Waals surface area contributed by atoms with Gasteiger partial charge in [0, 0.05) is 17.5 Å². The van der Waals surface area contributed by atoms with Crippen LogP contribution in [0.1, 0.15) is 64.7 Å². The van der Waals surface area contributed by atoms with Crippen LogP contribution in [0.25, 0.3) is 0 Å². The molecule has 0 saturated carbocycles. The monoisotopic (exact) mass is 436 g/mol. The molecule has 2 aromatic rings. The third kappa shape index (κ3) is 4.17. The fraction of sp³-hybridized carbons (Fsp3) is 0.417. The van der Waals surface area contributed by atoms with Gasteiger partial charge in [-0.15, -0.1) is 0 Å². The van der Waals surface area contributed by atoms with E-state index in [1.54, 1.807) is 18.2 Å². The van der Waals surface area contributed by atoms with E-state index in [9.17, 15) is 14.9 Å². The zero-order chi connectivity index (χ0) is 22.2. The number of hydrogen-bond donors (Lipinski definition) is 0. The van der Waals surface area contributed by atoms with E-state index < -0.39 is 0 Å². The van der Waals surface area contributed by atoms with Crippen LogP contribution in [0.3, 0.4) is 0 Å². The predicted molar refractivity (Wildman–Crippen MR) is 117 cm³/mol. The van der Waals surface area contributed by atoms with E-state index in [1.165, 1.54) is 11.8 Å². The van der Waals surface area contributed by atoms with Crippen LogP contribution >= 0.6 is 11.8 Å². The average molecular weight is 437 g/mol. The highest BCUT2D eigenvalue weighted by Gasteiger charge is 2.35. The number of fused-ring (bicyclic) bond motifs is 2. The van der Waals surface area contributed by atoms with E-state index in [2.05, 4.69) is 19.9 Å². The molecule has 0 saturated heterocycles. The van der Waals surface area contributed by atoms with Gasteiger partial charge in [0.05, 0.1) is 17.0 Å². The molecule has 0 bridgehead atoms. The third-order valence-corrected chi connectivity index (χ3v) is 6.55. The number of nitriles is 1. The minimum Gasteiger partial charge on any atom is -0.486 e. The van der Waals surface area contributed by atoms with Gasteiger partial charge >= 0.3 is 0 Å². The van der Waals surface area contributed by atoms with E-state index >= 15 is 0 Å². The van der Waals surface area contributed by atoms with Crippen LogP contribution in [0, 0.1) is 16.7 Å². The summed E-state index contributed by atoms with van der Waals surface area (Å²) in [5.74, 6) is 1.32. The maximum absolute atomic E-state index is 12.8. The molecule has 0 unspecified atom stereocenters. The Morgan fingerprint density at radius 3 is 2.68 bits per heavy atom. The predicted octanol–water partition coefficient (Wildman–Crippen LogP) is 4.42. The number of benzene rings is 1. The fourth-order valence-corrected chi connectivity index (χ4v) is 5.09. The minimum absolute atomic E-state index is 0.0519. The molecule has 0 amide bonds. The van der Waals surface area contributed by atoms with Crippen molar-refractivity contribution in [3.8, 4) is 17.6 Å². The van der Waals surface area contributed by atoms with Crippen molar-refractivity contribution in [1.29, 1.82) is 5.26 Å². The summed E-state index contributed by atoms with van der Waals surface area (Å²) in [5.41, 5.74) is 2.88. The summed E-state index contributed by atoms with van der Waals surface area (Å²) in [5, 5.41) is 10.3. The second-order valence-electron chi connectivity index (χ2n) is 8.57. The number of aromatic nitrogens is 1. The van der Waals surface area contributed by atoms with E-state index in [4.69, 9.17) is 14.5 Å². The van der Waals surface area contributed by atoms with E-state index in [1.807, 2.05) is 6.92 Å². The lowest BCUT2D eigenvalue weighted by Gasteiger charge is -2.31. The molecule has 1 aromatic heterocycles. The van der Waals surface area contributed by atoms with Crippen molar-refractivity contribution < 1.29 is 19.1 Å². The standard InChI is InChI=1S/C24H24N2O4S/c1-4-15-16(12-25)23(26-17-10-24(2,3)11-18(27)22(15)17)31-13-19(28)14-5-6-20-21(9-14)30-8-7-29-20/h5-6,9H,4,7-8,10-11,13H2,1-3H3. The van der Waals surface area contributed by atoms with Crippen molar-refractivity contribution in [2.24, 2.45) is 5.41 Å². The van der Waals surface area contributed by atoms with E-state index in [0.29, 0.717) is 65.7 Å². The maximum Gasteiger partial charge on any atom is 0.173 e. The third-order valence-electron chi connectivity index (χ3n) is 5.58. The van der Waals surface area contributed by atoms with Gasteiger partial charge in [-0.25, -0.2) is 4.98 Å². The Morgan fingerprint density at radius 1 is 1.23 bits per heavy atom. The lowest BCUT2D eigenvalue weighted by Crippen LogP contribution is -2.29. The van der Waals surface area contributed by atoms with Crippen molar-refractivity contribution >= 4 is 23.3 Å². The maximum atomic E-state index is 12.8. The van der Waals surface area contributed by atoms with Crippen LogP contribution in [0.4, 0.5) is 0 Å². The van der Waals surface area contributed by atoms with Crippen LogP contribution in [0.5, 0.6) is 11.5 Å². The number of thioether (sulfide) groups is 1. The Labute approximate surface area is 186 Å². The van der Waals surface area contributed by atoms with Gasteiger partial charge in [0.15, 0.2) is 23.1 Å². The second-order valence-corrected chi connectivity index (χ2v) is 9.53. The first-order chi connectivity index (χ1) is 14.8. The summed E-state index contributed by atoms with van der Waals surface area (Å²) < 4.78 is 11.1. The number of pyridine rings is 1. The average Bonchev–Trinajstić information content (AvgIpc) is 2.75. The quantitative estimate of drug-likeness (QED) is 0.506. The minimum atomic E-state index is -0.167. The van der Waals surface area contributed by atoms with Gasteiger partial charge in [-0.2, -0.15) is 5.26 Å². The Morgan fingerprint density at radius 2 is 1.97 bits per heavy atom. The molecule has 4 rings (SSSR count). The Kier molecular flexibility index (Phi) is 5.76. The van der Waals surface area contributed by atoms with E-state index in [0.717, 1.165) is 11.3 Å². The molecule has 1 aliphatic carbocycles. The molecule has 7 heteroatoms. The van der Waals surface area contributed by atoms with Crippen molar-refractivity contribution in [2.45, 2.75) is 45.1 Å². The summed E-state index contributed by atoms with van der Waals surface area (Å²) in [6, 6.07) is 7.39. The molecule has 0 N–H and O–H groups in total. The van der Waals surface area contributed by atoms with Gasteiger partial charge in [-0.1, -0.05) is 32.5 Å². The number of nitrogens with zero attached hydrogens (tertiary/aromatic N) is 2. The Hall–Kier alpha value is -2.85. The molecule has 31 heavy (non-hydrogen) atoms. The van der Waals surface area contributed by atoms with Crippen LogP contribution < -0.4 is 9.47 Å². The first kappa shape index (κ1) is 21.4. The molecular formula is C24H24N2O4S. The molecular weight excluding hydrogens is 412 g/mol. The molecule has 0 atom stereocenters. The summed E-state index contributed by atoms with van der Waals surface area (Å²) >= 11 is 1.25. The number of carbonyl (C=O) groups is 2. The van der Waals surface area contributed by atoms with Crippen molar-refractivity contribution in [3.05, 3.63) is 46.1 Å². The largest absolute Gasteiger partial charge is 0.486 e. The fourth-order valence-electron chi connectivity index (χ4n) is 4.17. The lowest BCUT2D eigenvalue weighted by atomic mass is 9.74. The molecule has 0 radical (unpaired) electrons. The summed E-state index contributed by atoms with van der Waals surface area (Å²) in [4.78, 5) is 30.3. The van der Waals surface area contributed by atoms with Crippen LogP contribution in [0.15, 0.2) is 23.2 Å². The highest BCUT2D eigenvalue weighted by atomic mass is 32.2. The van der Waals surface area contributed by atoms with Crippen molar-refractivity contribution in [2.75, 3.05) is 19.0 Å². The Balaban J connectivity index is 1.62. The summed E-state index contributed by atoms with van der Waals surface area (Å²) in [6.45, 7) is 7.00. The number of ether oxygens (including phenoxy) is 2. The van der Waals surface area contributed by atoms with Crippen LogP contribution in [0.2, 0.25) is 0 Å². The van der Waals surface area contributed by atoms with Gasteiger partial charge in [-0.05, 0) is 42.0 Å². The number of ketones is 2. The molecule has 1 aliphatic heterocycles. The zero-order valence-electron chi connectivity index (χ0n) is 17.9. The van der Waals surface area contributed by atoms with Crippen LogP contribution in [-0.4, -0.2) is 35.5 Å². The smallest absolute Gasteiger partial charge is 0.173 e. The molecule has 0 spiro atoms. The topological polar surface area (TPSA) is 89.3 Å². The van der Waals surface area contributed by atoms with Crippen molar-refractivity contribution in [3.63, 3.8) is 0 Å². The highest BCUT2D eigenvalue weighted by molar-refractivity contribution is 8.00. The first-order valence-electron chi connectivity index (χ1n) is 10.4. The number of Topliss-reactive ketones (excluding diaryl/α,β-unsaturated/α-hetero) is 2.